The first-order valence-corrected chi connectivity index (χ1v) is 9.61. The molecule has 0 atom stereocenters. The van der Waals surface area contributed by atoms with Gasteiger partial charge in [-0.05, 0) is 48.7 Å². The second kappa shape index (κ2) is 9.00. The van der Waals surface area contributed by atoms with Crippen molar-refractivity contribution in [1.29, 1.82) is 0 Å². The Balaban J connectivity index is 1.48. The van der Waals surface area contributed by atoms with Gasteiger partial charge in [-0.1, -0.05) is 29.8 Å². The van der Waals surface area contributed by atoms with Crippen LogP contribution in [0.5, 0.6) is 5.75 Å². The molecule has 1 aliphatic rings. The van der Waals surface area contributed by atoms with Crippen LogP contribution in [0.25, 0.3) is 0 Å². The Morgan fingerprint density at radius 2 is 1.81 bits per heavy atom. The van der Waals surface area contributed by atoms with Gasteiger partial charge in [0, 0.05) is 37.7 Å². The van der Waals surface area contributed by atoms with Crippen molar-refractivity contribution in [3.63, 3.8) is 0 Å². The van der Waals surface area contributed by atoms with E-state index in [9.17, 15) is 4.79 Å². The van der Waals surface area contributed by atoms with Gasteiger partial charge in [-0.2, -0.15) is 0 Å². The first-order chi connectivity index (χ1) is 13.1. The standard InChI is InChI=1S/C21H26ClN3O2/c1-16-3-8-20(27-2)19(15-16)24-11-13-25(14-12-24)21(26)23-10-9-17-4-6-18(22)7-5-17/h3-8,15H,9-14H2,1-2H3,(H,23,26). The number of halogens is 1. The number of hydrogen-bond acceptors (Lipinski definition) is 3. The molecule has 0 unspecified atom stereocenters. The van der Waals surface area contributed by atoms with E-state index in [1.165, 1.54) is 5.56 Å². The number of anilines is 1. The van der Waals surface area contributed by atoms with Crippen LogP contribution in [0.2, 0.25) is 5.02 Å². The molecule has 144 valence electrons. The highest BCUT2D eigenvalue weighted by Crippen LogP contribution is 2.30. The zero-order valence-corrected chi connectivity index (χ0v) is 16.6. The number of hydrogen-bond donors (Lipinski definition) is 1. The maximum Gasteiger partial charge on any atom is 0.317 e. The number of nitrogens with zero attached hydrogens (tertiary/aromatic N) is 2. The van der Waals surface area contributed by atoms with Gasteiger partial charge in [-0.25, -0.2) is 4.79 Å². The predicted molar refractivity (Wildman–Crippen MR) is 110 cm³/mol. The van der Waals surface area contributed by atoms with E-state index in [4.69, 9.17) is 16.3 Å². The summed E-state index contributed by atoms with van der Waals surface area (Å²) in [5.74, 6) is 0.876. The van der Waals surface area contributed by atoms with E-state index in [-0.39, 0.29) is 6.03 Å². The highest BCUT2D eigenvalue weighted by atomic mass is 35.5. The molecule has 2 aromatic carbocycles. The summed E-state index contributed by atoms with van der Waals surface area (Å²) in [6, 6.07) is 13.9. The highest BCUT2D eigenvalue weighted by Gasteiger charge is 2.22. The Bertz CT molecular complexity index is 771. The number of methoxy groups -OCH3 is 1. The van der Waals surface area contributed by atoms with Gasteiger partial charge in [-0.3, -0.25) is 0 Å². The molecule has 0 spiro atoms. The van der Waals surface area contributed by atoms with E-state index >= 15 is 0 Å². The van der Waals surface area contributed by atoms with Crippen molar-refractivity contribution >= 4 is 23.3 Å². The van der Waals surface area contributed by atoms with Crippen molar-refractivity contribution in [3.05, 3.63) is 58.6 Å². The summed E-state index contributed by atoms with van der Waals surface area (Å²) in [6.07, 6.45) is 0.795. The molecule has 1 saturated heterocycles. The van der Waals surface area contributed by atoms with Gasteiger partial charge in [0.2, 0.25) is 0 Å². The molecule has 27 heavy (non-hydrogen) atoms. The van der Waals surface area contributed by atoms with E-state index in [2.05, 4.69) is 23.2 Å². The molecular formula is C21H26ClN3O2. The number of ether oxygens (including phenoxy) is 1. The van der Waals surface area contributed by atoms with Crippen LogP contribution in [0.4, 0.5) is 10.5 Å². The molecule has 3 rings (SSSR count). The third kappa shape index (κ3) is 5.07. The van der Waals surface area contributed by atoms with Crippen LogP contribution in [0.1, 0.15) is 11.1 Å². The van der Waals surface area contributed by atoms with Gasteiger partial charge in [0.1, 0.15) is 5.75 Å². The topological polar surface area (TPSA) is 44.8 Å². The van der Waals surface area contributed by atoms with Crippen molar-refractivity contribution in [2.45, 2.75) is 13.3 Å². The summed E-state index contributed by atoms with van der Waals surface area (Å²) in [6.45, 7) is 5.68. The van der Waals surface area contributed by atoms with Crippen molar-refractivity contribution in [1.82, 2.24) is 10.2 Å². The number of aryl methyl sites for hydroxylation is 1. The minimum atomic E-state index is -0.000166. The monoisotopic (exact) mass is 387 g/mol. The highest BCUT2D eigenvalue weighted by molar-refractivity contribution is 6.30. The van der Waals surface area contributed by atoms with Gasteiger partial charge < -0.3 is 19.9 Å². The summed E-state index contributed by atoms with van der Waals surface area (Å²) in [7, 11) is 1.69. The summed E-state index contributed by atoms with van der Waals surface area (Å²) < 4.78 is 5.49. The second-order valence-corrected chi connectivity index (χ2v) is 7.19. The second-order valence-electron chi connectivity index (χ2n) is 6.76. The van der Waals surface area contributed by atoms with Crippen molar-refractivity contribution < 1.29 is 9.53 Å². The molecule has 0 aliphatic carbocycles. The minimum absolute atomic E-state index is 0.000166. The summed E-state index contributed by atoms with van der Waals surface area (Å²) in [5.41, 5.74) is 3.46. The Kier molecular flexibility index (Phi) is 6.45. The molecule has 2 aromatic rings. The Morgan fingerprint density at radius 1 is 1.11 bits per heavy atom. The minimum Gasteiger partial charge on any atom is -0.495 e. The van der Waals surface area contributed by atoms with Gasteiger partial charge in [-0.15, -0.1) is 0 Å². The van der Waals surface area contributed by atoms with Crippen LogP contribution >= 0.6 is 11.6 Å². The SMILES string of the molecule is COc1ccc(C)cc1N1CCN(C(=O)NCCc2ccc(Cl)cc2)CC1. The van der Waals surface area contributed by atoms with E-state index in [1.54, 1.807) is 7.11 Å². The molecule has 1 aliphatic heterocycles. The average Bonchev–Trinajstić information content (AvgIpc) is 2.69. The molecule has 0 saturated carbocycles. The lowest BCUT2D eigenvalue weighted by molar-refractivity contribution is 0.194. The number of carbonyl (C=O) groups is 1. The Labute approximate surface area is 165 Å². The van der Waals surface area contributed by atoms with E-state index < -0.39 is 0 Å². The quantitative estimate of drug-likeness (QED) is 0.850. The number of benzene rings is 2. The van der Waals surface area contributed by atoms with Crippen LogP contribution in [-0.2, 0) is 6.42 Å². The maximum atomic E-state index is 12.4. The number of rotatable bonds is 5. The van der Waals surface area contributed by atoms with Crippen LogP contribution < -0.4 is 15.0 Å². The zero-order chi connectivity index (χ0) is 19.2. The van der Waals surface area contributed by atoms with Crippen molar-refractivity contribution in [2.24, 2.45) is 0 Å². The number of amides is 2. The van der Waals surface area contributed by atoms with E-state index in [0.717, 1.165) is 41.5 Å². The van der Waals surface area contributed by atoms with Gasteiger partial charge >= 0.3 is 6.03 Å². The van der Waals surface area contributed by atoms with Crippen LogP contribution in [0.15, 0.2) is 42.5 Å². The number of carbonyl (C=O) groups excluding carboxylic acids is 1. The van der Waals surface area contributed by atoms with Gasteiger partial charge in [0.25, 0.3) is 0 Å². The fourth-order valence-electron chi connectivity index (χ4n) is 3.27. The van der Waals surface area contributed by atoms with Crippen LogP contribution in [0.3, 0.4) is 0 Å². The summed E-state index contributed by atoms with van der Waals surface area (Å²) in [4.78, 5) is 16.6. The summed E-state index contributed by atoms with van der Waals surface area (Å²) >= 11 is 5.89. The number of urea groups is 1. The molecule has 5 nitrogen and oxygen atoms in total. The van der Waals surface area contributed by atoms with Crippen LogP contribution in [-0.4, -0.2) is 50.8 Å². The smallest absolute Gasteiger partial charge is 0.317 e. The first-order valence-electron chi connectivity index (χ1n) is 9.23. The lowest BCUT2D eigenvalue weighted by atomic mass is 10.1. The molecule has 1 N–H and O–H groups in total. The number of piperazine rings is 1. The third-order valence-electron chi connectivity index (χ3n) is 4.85. The molecule has 2 amide bonds. The van der Waals surface area contributed by atoms with E-state index in [1.807, 2.05) is 41.3 Å². The number of nitrogens with one attached hydrogen (secondary N) is 1. The molecule has 6 heteroatoms. The molecular weight excluding hydrogens is 362 g/mol. The average molecular weight is 388 g/mol. The third-order valence-corrected chi connectivity index (χ3v) is 5.10. The lowest BCUT2D eigenvalue weighted by Crippen LogP contribution is -2.52. The normalized spacial score (nSPS) is 14.2. The van der Waals surface area contributed by atoms with E-state index in [0.29, 0.717) is 19.6 Å². The van der Waals surface area contributed by atoms with Gasteiger partial charge in [0.15, 0.2) is 0 Å². The largest absolute Gasteiger partial charge is 0.495 e. The zero-order valence-electron chi connectivity index (χ0n) is 15.9. The first kappa shape index (κ1) is 19.4. The Hall–Kier alpha value is -2.40. The van der Waals surface area contributed by atoms with Gasteiger partial charge in [0.05, 0.1) is 12.8 Å². The fraction of sp³-hybridized carbons (Fsp3) is 0.381. The molecule has 0 radical (unpaired) electrons. The molecule has 1 fully saturated rings. The Morgan fingerprint density at radius 3 is 2.48 bits per heavy atom. The lowest BCUT2D eigenvalue weighted by Gasteiger charge is -2.36. The molecule has 0 bridgehead atoms. The predicted octanol–water partition coefficient (Wildman–Crippen LogP) is 3.73. The maximum absolute atomic E-state index is 12.4. The molecule has 1 heterocycles. The van der Waals surface area contributed by atoms with Crippen LogP contribution in [0, 0.1) is 6.92 Å². The van der Waals surface area contributed by atoms with Crippen molar-refractivity contribution in [2.75, 3.05) is 44.7 Å². The summed E-state index contributed by atoms with van der Waals surface area (Å²) in [5, 5.41) is 3.74. The van der Waals surface area contributed by atoms with Crippen molar-refractivity contribution in [3.8, 4) is 5.75 Å². The molecule has 0 aromatic heterocycles. The fourth-order valence-corrected chi connectivity index (χ4v) is 3.40.